The summed E-state index contributed by atoms with van der Waals surface area (Å²) in [5, 5.41) is 3.74. The van der Waals surface area contributed by atoms with Crippen molar-refractivity contribution in [2.24, 2.45) is 0 Å². The topological polar surface area (TPSA) is 59.2 Å². The number of alkyl halides is 3. The zero-order valence-corrected chi connectivity index (χ0v) is 14.7. The third kappa shape index (κ3) is 3.62. The number of rotatable bonds is 4. The van der Waals surface area contributed by atoms with E-state index in [1.54, 1.807) is 4.90 Å². The summed E-state index contributed by atoms with van der Waals surface area (Å²) < 4.78 is 43.7. The number of aryl methyl sites for hydroxylation is 1. The van der Waals surface area contributed by atoms with Crippen LogP contribution in [0.25, 0.3) is 11.4 Å². The van der Waals surface area contributed by atoms with Crippen molar-refractivity contribution in [3.05, 3.63) is 65.5 Å². The van der Waals surface area contributed by atoms with Crippen LogP contribution in [0.2, 0.25) is 0 Å². The van der Waals surface area contributed by atoms with Crippen molar-refractivity contribution in [2.75, 3.05) is 11.4 Å². The molecule has 0 spiro atoms. The molecule has 0 radical (unpaired) electrons. The lowest BCUT2D eigenvalue weighted by molar-refractivity contribution is -0.137. The van der Waals surface area contributed by atoms with E-state index >= 15 is 0 Å². The number of nitrogens with zero attached hydrogens (tertiary/aromatic N) is 3. The van der Waals surface area contributed by atoms with Gasteiger partial charge in [0.2, 0.25) is 17.6 Å². The molecule has 0 saturated carbocycles. The van der Waals surface area contributed by atoms with E-state index in [9.17, 15) is 18.0 Å². The number of carbonyl (C=O) groups excluding carboxylic acids is 1. The lowest BCUT2D eigenvalue weighted by Gasteiger charge is -2.16. The second kappa shape index (κ2) is 7.10. The van der Waals surface area contributed by atoms with Gasteiger partial charge < -0.3 is 9.42 Å². The van der Waals surface area contributed by atoms with Gasteiger partial charge in [0.25, 0.3) is 0 Å². The minimum absolute atomic E-state index is 0.0521. The molecule has 4 rings (SSSR count). The average molecular weight is 387 g/mol. The molecule has 1 aromatic heterocycles. The number of carbonyl (C=O) groups is 1. The van der Waals surface area contributed by atoms with Crippen molar-refractivity contribution in [1.82, 2.24) is 10.1 Å². The smallest absolute Gasteiger partial charge is 0.339 e. The van der Waals surface area contributed by atoms with Crippen LogP contribution in [0.3, 0.4) is 0 Å². The maximum atomic E-state index is 12.8. The molecule has 0 aliphatic carbocycles. The highest BCUT2D eigenvalue weighted by Gasteiger charge is 2.31. The highest BCUT2D eigenvalue weighted by Crippen LogP contribution is 2.31. The Balaban J connectivity index is 1.43. The van der Waals surface area contributed by atoms with Gasteiger partial charge in [-0.1, -0.05) is 35.5 Å². The normalized spacial score (nSPS) is 13.6. The number of anilines is 1. The molecule has 5 nitrogen and oxygen atoms in total. The third-order valence-electron chi connectivity index (χ3n) is 4.66. The van der Waals surface area contributed by atoms with Gasteiger partial charge in [-0.15, -0.1) is 0 Å². The third-order valence-corrected chi connectivity index (χ3v) is 4.66. The van der Waals surface area contributed by atoms with E-state index in [1.165, 1.54) is 12.1 Å². The molecule has 0 unspecified atom stereocenters. The van der Waals surface area contributed by atoms with E-state index in [-0.39, 0.29) is 36.0 Å². The standard InChI is InChI=1S/C20H16F3N3O2/c21-20(22,23)15-6-3-5-14(12-15)19-24-17(28-25-19)8-9-18(27)26-11-10-13-4-1-2-7-16(13)26/h1-7,12H,8-11H2. The van der Waals surface area contributed by atoms with E-state index in [4.69, 9.17) is 4.52 Å². The van der Waals surface area contributed by atoms with Crippen LogP contribution in [0, 0.1) is 0 Å². The van der Waals surface area contributed by atoms with Crippen LogP contribution in [0.5, 0.6) is 0 Å². The molecular formula is C20H16F3N3O2. The summed E-state index contributed by atoms with van der Waals surface area (Å²) in [5.74, 6) is 0.233. The summed E-state index contributed by atoms with van der Waals surface area (Å²) in [4.78, 5) is 18.4. The largest absolute Gasteiger partial charge is 0.416 e. The van der Waals surface area contributed by atoms with Crippen molar-refractivity contribution < 1.29 is 22.5 Å². The van der Waals surface area contributed by atoms with E-state index in [0.717, 1.165) is 29.8 Å². The zero-order chi connectivity index (χ0) is 19.7. The van der Waals surface area contributed by atoms with Crippen molar-refractivity contribution in [3.63, 3.8) is 0 Å². The van der Waals surface area contributed by atoms with Gasteiger partial charge in [0.05, 0.1) is 5.56 Å². The number of aromatic nitrogens is 2. The number of hydrogen-bond acceptors (Lipinski definition) is 4. The predicted molar refractivity (Wildman–Crippen MR) is 95.6 cm³/mol. The summed E-state index contributed by atoms with van der Waals surface area (Å²) in [6.07, 6.45) is -3.22. The van der Waals surface area contributed by atoms with Crippen molar-refractivity contribution >= 4 is 11.6 Å². The highest BCUT2D eigenvalue weighted by molar-refractivity contribution is 5.95. The molecule has 144 valence electrons. The fraction of sp³-hybridized carbons (Fsp3) is 0.250. The Morgan fingerprint density at radius 3 is 2.79 bits per heavy atom. The number of amides is 1. The summed E-state index contributed by atoms with van der Waals surface area (Å²) in [6.45, 7) is 0.636. The van der Waals surface area contributed by atoms with Gasteiger partial charge in [0.15, 0.2) is 0 Å². The molecule has 0 bridgehead atoms. The van der Waals surface area contributed by atoms with Crippen LogP contribution >= 0.6 is 0 Å². The first kappa shape index (κ1) is 18.2. The molecule has 8 heteroatoms. The molecular weight excluding hydrogens is 371 g/mol. The first-order valence-electron chi connectivity index (χ1n) is 8.80. The predicted octanol–water partition coefficient (Wildman–Crippen LogP) is 4.28. The van der Waals surface area contributed by atoms with Gasteiger partial charge in [-0.2, -0.15) is 18.2 Å². The second-order valence-corrected chi connectivity index (χ2v) is 6.51. The first-order valence-corrected chi connectivity index (χ1v) is 8.80. The van der Waals surface area contributed by atoms with E-state index < -0.39 is 11.7 Å². The van der Waals surface area contributed by atoms with E-state index in [0.29, 0.717) is 6.54 Å². The van der Waals surface area contributed by atoms with Gasteiger partial charge in [0.1, 0.15) is 0 Å². The number of halogens is 3. The Kier molecular flexibility index (Phi) is 4.62. The quantitative estimate of drug-likeness (QED) is 0.671. The van der Waals surface area contributed by atoms with Gasteiger partial charge >= 0.3 is 6.18 Å². The minimum Gasteiger partial charge on any atom is -0.339 e. The van der Waals surface area contributed by atoms with Crippen molar-refractivity contribution in [2.45, 2.75) is 25.4 Å². The van der Waals surface area contributed by atoms with Crippen molar-refractivity contribution in [3.8, 4) is 11.4 Å². The van der Waals surface area contributed by atoms with E-state index in [2.05, 4.69) is 10.1 Å². The summed E-state index contributed by atoms with van der Waals surface area (Å²) >= 11 is 0. The fourth-order valence-electron chi connectivity index (χ4n) is 3.25. The van der Waals surface area contributed by atoms with Crippen LogP contribution in [-0.4, -0.2) is 22.6 Å². The van der Waals surface area contributed by atoms with Crippen LogP contribution in [0.1, 0.15) is 23.4 Å². The van der Waals surface area contributed by atoms with Crippen LogP contribution in [0.4, 0.5) is 18.9 Å². The fourth-order valence-corrected chi connectivity index (χ4v) is 3.25. The molecule has 0 saturated heterocycles. The summed E-state index contributed by atoms with van der Waals surface area (Å²) in [6, 6.07) is 12.5. The highest BCUT2D eigenvalue weighted by atomic mass is 19.4. The molecule has 0 fully saturated rings. The molecule has 2 aromatic carbocycles. The van der Waals surface area contributed by atoms with Crippen molar-refractivity contribution in [1.29, 1.82) is 0 Å². The average Bonchev–Trinajstić information content (AvgIpc) is 3.33. The van der Waals surface area contributed by atoms with Gasteiger partial charge in [-0.05, 0) is 30.2 Å². The molecule has 0 N–H and O–H groups in total. The van der Waals surface area contributed by atoms with Gasteiger partial charge in [-0.3, -0.25) is 4.79 Å². The maximum Gasteiger partial charge on any atom is 0.416 e. The SMILES string of the molecule is O=C(CCc1nc(-c2cccc(C(F)(F)F)c2)no1)N1CCc2ccccc21. The Bertz CT molecular complexity index is 1010. The number of fused-ring (bicyclic) bond motifs is 1. The molecule has 1 aliphatic rings. The lowest BCUT2D eigenvalue weighted by atomic mass is 10.1. The molecule has 0 atom stereocenters. The lowest BCUT2D eigenvalue weighted by Crippen LogP contribution is -2.29. The molecule has 1 amide bonds. The molecule has 2 heterocycles. The number of hydrogen-bond donors (Lipinski definition) is 0. The van der Waals surface area contributed by atoms with Crippen LogP contribution < -0.4 is 4.90 Å². The van der Waals surface area contributed by atoms with E-state index in [1.807, 2.05) is 24.3 Å². The Morgan fingerprint density at radius 1 is 1.14 bits per heavy atom. The minimum atomic E-state index is -4.44. The number of para-hydroxylation sites is 1. The van der Waals surface area contributed by atoms with Crippen LogP contribution in [-0.2, 0) is 23.8 Å². The zero-order valence-electron chi connectivity index (χ0n) is 14.7. The monoisotopic (exact) mass is 387 g/mol. The number of benzene rings is 2. The van der Waals surface area contributed by atoms with Gasteiger partial charge in [-0.25, -0.2) is 0 Å². The summed E-state index contributed by atoms with van der Waals surface area (Å²) in [5.41, 5.74) is 1.49. The molecule has 1 aliphatic heterocycles. The van der Waals surface area contributed by atoms with Crippen LogP contribution in [0.15, 0.2) is 53.1 Å². The summed E-state index contributed by atoms with van der Waals surface area (Å²) in [7, 11) is 0. The van der Waals surface area contributed by atoms with Gasteiger partial charge in [0, 0.05) is 30.6 Å². The molecule has 28 heavy (non-hydrogen) atoms. The Morgan fingerprint density at radius 2 is 1.96 bits per heavy atom. The second-order valence-electron chi connectivity index (χ2n) is 6.51. The Hall–Kier alpha value is -3.16. The Labute approximate surface area is 158 Å². The first-order chi connectivity index (χ1) is 13.4. The maximum absolute atomic E-state index is 12.8. The molecule has 3 aromatic rings.